The third kappa shape index (κ3) is 2.42. The van der Waals surface area contributed by atoms with E-state index in [1.807, 2.05) is 31.3 Å². The minimum absolute atomic E-state index is 0.237. The second-order valence-electron chi connectivity index (χ2n) is 3.91. The van der Waals surface area contributed by atoms with Gasteiger partial charge in [0.2, 0.25) is 0 Å². The molecule has 0 radical (unpaired) electrons. The van der Waals surface area contributed by atoms with Gasteiger partial charge in [0.25, 0.3) is 0 Å². The van der Waals surface area contributed by atoms with Gasteiger partial charge in [0, 0.05) is 23.3 Å². The van der Waals surface area contributed by atoms with E-state index in [1.165, 1.54) is 6.07 Å². The molecule has 0 aromatic heterocycles. The van der Waals surface area contributed by atoms with Crippen molar-refractivity contribution >= 4 is 17.3 Å². The third-order valence-corrected chi connectivity index (χ3v) is 3.02. The maximum Gasteiger partial charge on any atom is 0.126 e. The molecule has 0 aliphatic heterocycles. The number of aryl methyl sites for hydroxylation is 1. The van der Waals surface area contributed by atoms with Crippen molar-refractivity contribution in [3.05, 3.63) is 52.8 Å². The Morgan fingerprint density at radius 3 is 2.65 bits per heavy atom. The Morgan fingerprint density at radius 2 is 1.94 bits per heavy atom. The molecule has 0 saturated carbocycles. The van der Waals surface area contributed by atoms with E-state index in [2.05, 4.69) is 5.32 Å². The predicted octanol–water partition coefficient (Wildman–Crippen LogP) is 4.50. The van der Waals surface area contributed by atoms with Crippen LogP contribution in [0.4, 0.5) is 10.1 Å². The molecule has 0 amide bonds. The molecule has 17 heavy (non-hydrogen) atoms. The molecule has 0 atom stereocenters. The molecule has 2 aromatic carbocycles. The monoisotopic (exact) mass is 249 g/mol. The van der Waals surface area contributed by atoms with Crippen LogP contribution in [-0.2, 0) is 0 Å². The summed E-state index contributed by atoms with van der Waals surface area (Å²) in [7, 11) is 1.84. The number of hydrogen-bond donors (Lipinski definition) is 1. The number of benzene rings is 2. The molecule has 0 aliphatic rings. The molecule has 0 bridgehead atoms. The normalized spacial score (nSPS) is 10.4. The number of rotatable bonds is 2. The van der Waals surface area contributed by atoms with E-state index in [1.54, 1.807) is 13.0 Å². The van der Waals surface area contributed by atoms with Crippen LogP contribution in [0.25, 0.3) is 11.1 Å². The lowest BCUT2D eigenvalue weighted by atomic mass is 10.0. The van der Waals surface area contributed by atoms with Crippen molar-refractivity contribution in [2.75, 3.05) is 12.4 Å². The molecule has 1 N–H and O–H groups in total. The van der Waals surface area contributed by atoms with Crippen LogP contribution in [0.1, 0.15) is 5.56 Å². The molecule has 0 spiro atoms. The van der Waals surface area contributed by atoms with E-state index >= 15 is 0 Å². The molecule has 2 rings (SSSR count). The van der Waals surface area contributed by atoms with E-state index in [4.69, 9.17) is 11.6 Å². The van der Waals surface area contributed by atoms with Crippen LogP contribution in [0.15, 0.2) is 36.4 Å². The predicted molar refractivity (Wildman–Crippen MR) is 71.1 cm³/mol. The van der Waals surface area contributed by atoms with Gasteiger partial charge >= 0.3 is 0 Å². The van der Waals surface area contributed by atoms with Crippen LogP contribution >= 0.6 is 11.6 Å². The van der Waals surface area contributed by atoms with E-state index < -0.39 is 0 Å². The van der Waals surface area contributed by atoms with E-state index in [-0.39, 0.29) is 5.82 Å². The van der Waals surface area contributed by atoms with E-state index in [0.29, 0.717) is 16.1 Å². The molecule has 1 nitrogen and oxygen atoms in total. The topological polar surface area (TPSA) is 12.0 Å². The lowest BCUT2D eigenvalue weighted by Gasteiger charge is -2.08. The lowest BCUT2D eigenvalue weighted by molar-refractivity contribution is 0.619. The summed E-state index contributed by atoms with van der Waals surface area (Å²) in [4.78, 5) is 0. The summed E-state index contributed by atoms with van der Waals surface area (Å²) in [6.07, 6.45) is 0. The second kappa shape index (κ2) is 4.76. The fraction of sp³-hybridized carbons (Fsp3) is 0.143. The van der Waals surface area contributed by atoms with Gasteiger partial charge in [0.05, 0.1) is 0 Å². The third-order valence-electron chi connectivity index (χ3n) is 2.71. The zero-order valence-corrected chi connectivity index (χ0v) is 10.5. The number of nitrogens with one attached hydrogen (secondary N) is 1. The van der Waals surface area contributed by atoms with Gasteiger partial charge in [-0.2, -0.15) is 0 Å². The summed E-state index contributed by atoms with van der Waals surface area (Å²) in [6.45, 7) is 1.70. The molecule has 0 saturated heterocycles. The molecule has 88 valence electrons. The van der Waals surface area contributed by atoms with Crippen molar-refractivity contribution in [1.29, 1.82) is 0 Å². The van der Waals surface area contributed by atoms with Crippen molar-refractivity contribution in [1.82, 2.24) is 0 Å². The number of hydrogen-bond acceptors (Lipinski definition) is 1. The first-order valence-electron chi connectivity index (χ1n) is 5.35. The molecule has 2 aromatic rings. The standard InChI is InChI=1S/C14H13ClFN/c1-9-6-13(15)12(8-14(9)16)10-4-3-5-11(7-10)17-2/h3-8,17H,1-2H3. The van der Waals surface area contributed by atoms with Gasteiger partial charge in [-0.1, -0.05) is 23.7 Å². The van der Waals surface area contributed by atoms with Crippen LogP contribution in [0.5, 0.6) is 0 Å². The maximum atomic E-state index is 13.6. The van der Waals surface area contributed by atoms with Crippen LogP contribution in [0, 0.1) is 12.7 Å². The molecule has 0 aliphatic carbocycles. The summed E-state index contributed by atoms with van der Waals surface area (Å²) in [5.41, 5.74) is 3.15. The first-order valence-corrected chi connectivity index (χ1v) is 5.73. The summed E-state index contributed by atoms with van der Waals surface area (Å²) >= 11 is 6.14. The molecular formula is C14H13ClFN. The zero-order chi connectivity index (χ0) is 12.4. The number of anilines is 1. The first kappa shape index (κ1) is 11.9. The Kier molecular flexibility index (Phi) is 3.34. The van der Waals surface area contributed by atoms with Crippen LogP contribution < -0.4 is 5.32 Å². The van der Waals surface area contributed by atoms with Crippen LogP contribution in [0.2, 0.25) is 5.02 Å². The first-order chi connectivity index (χ1) is 8.11. The van der Waals surface area contributed by atoms with E-state index in [9.17, 15) is 4.39 Å². The van der Waals surface area contributed by atoms with Crippen molar-refractivity contribution in [3.8, 4) is 11.1 Å². The van der Waals surface area contributed by atoms with Gasteiger partial charge in [-0.3, -0.25) is 0 Å². The zero-order valence-electron chi connectivity index (χ0n) is 9.72. The van der Waals surface area contributed by atoms with Gasteiger partial charge in [-0.25, -0.2) is 4.39 Å². The number of halogens is 2. The Labute approximate surface area is 105 Å². The molecule has 0 fully saturated rings. The van der Waals surface area contributed by atoms with Crippen LogP contribution in [-0.4, -0.2) is 7.05 Å². The molecule has 3 heteroatoms. The van der Waals surface area contributed by atoms with Crippen molar-refractivity contribution < 1.29 is 4.39 Å². The fourth-order valence-corrected chi connectivity index (χ4v) is 2.04. The van der Waals surface area contributed by atoms with Crippen molar-refractivity contribution in [2.24, 2.45) is 0 Å². The quantitative estimate of drug-likeness (QED) is 0.827. The average Bonchev–Trinajstić information content (AvgIpc) is 2.34. The Morgan fingerprint density at radius 1 is 1.18 bits per heavy atom. The van der Waals surface area contributed by atoms with Gasteiger partial charge in [-0.15, -0.1) is 0 Å². The average molecular weight is 250 g/mol. The minimum atomic E-state index is -0.237. The minimum Gasteiger partial charge on any atom is -0.388 e. The summed E-state index contributed by atoms with van der Waals surface area (Å²) in [5, 5.41) is 3.61. The van der Waals surface area contributed by atoms with Crippen molar-refractivity contribution in [3.63, 3.8) is 0 Å². The highest BCUT2D eigenvalue weighted by atomic mass is 35.5. The second-order valence-corrected chi connectivity index (χ2v) is 4.32. The van der Waals surface area contributed by atoms with Crippen LogP contribution in [0.3, 0.4) is 0 Å². The summed E-state index contributed by atoms with van der Waals surface area (Å²) in [6, 6.07) is 10.8. The smallest absolute Gasteiger partial charge is 0.126 e. The molecule has 0 unspecified atom stereocenters. The largest absolute Gasteiger partial charge is 0.388 e. The Bertz CT molecular complexity index is 552. The van der Waals surface area contributed by atoms with Gasteiger partial charge in [0.15, 0.2) is 0 Å². The highest BCUT2D eigenvalue weighted by Gasteiger charge is 2.08. The van der Waals surface area contributed by atoms with Crippen molar-refractivity contribution in [2.45, 2.75) is 6.92 Å². The Balaban J connectivity index is 2.56. The van der Waals surface area contributed by atoms with Gasteiger partial charge in [0.1, 0.15) is 5.82 Å². The van der Waals surface area contributed by atoms with E-state index in [0.717, 1.165) is 11.3 Å². The summed E-state index contributed by atoms with van der Waals surface area (Å²) < 4.78 is 13.6. The molecule has 0 heterocycles. The molecular weight excluding hydrogens is 237 g/mol. The lowest BCUT2D eigenvalue weighted by Crippen LogP contribution is -1.90. The maximum absolute atomic E-state index is 13.6. The SMILES string of the molecule is CNc1cccc(-c2cc(F)c(C)cc2Cl)c1. The summed E-state index contributed by atoms with van der Waals surface area (Å²) in [5.74, 6) is -0.237. The fourth-order valence-electron chi connectivity index (χ4n) is 1.71. The Hall–Kier alpha value is -1.54. The van der Waals surface area contributed by atoms with Gasteiger partial charge < -0.3 is 5.32 Å². The highest BCUT2D eigenvalue weighted by molar-refractivity contribution is 6.33. The van der Waals surface area contributed by atoms with Gasteiger partial charge in [-0.05, 0) is 42.3 Å². The highest BCUT2D eigenvalue weighted by Crippen LogP contribution is 2.31.